The number of amides is 1. The number of hydrogen-bond acceptors (Lipinski definition) is 3. The minimum absolute atomic E-state index is 0.159. The Labute approximate surface area is 154 Å². The lowest BCUT2D eigenvalue weighted by atomic mass is 9.89. The molecule has 2 fully saturated rings. The topological polar surface area (TPSA) is 38.8 Å². The summed E-state index contributed by atoms with van der Waals surface area (Å²) in [6, 6.07) is 20.1. The summed E-state index contributed by atoms with van der Waals surface area (Å²) in [5.74, 6) is 0.425. The molecule has 2 saturated heterocycles. The number of hydrogen-bond donors (Lipinski definition) is 0. The Balaban J connectivity index is 1.40. The van der Waals surface area contributed by atoms with Crippen molar-refractivity contribution < 1.29 is 14.3 Å². The van der Waals surface area contributed by atoms with Gasteiger partial charge in [-0.3, -0.25) is 4.79 Å². The van der Waals surface area contributed by atoms with E-state index in [-0.39, 0.29) is 17.9 Å². The van der Waals surface area contributed by atoms with Crippen LogP contribution in [-0.4, -0.2) is 49.8 Å². The summed E-state index contributed by atoms with van der Waals surface area (Å²) in [5, 5.41) is 0. The van der Waals surface area contributed by atoms with Crippen molar-refractivity contribution in [3.8, 4) is 0 Å². The van der Waals surface area contributed by atoms with E-state index < -0.39 is 0 Å². The Morgan fingerprint density at radius 2 is 1.65 bits per heavy atom. The number of ether oxygens (including phenoxy) is 2. The quantitative estimate of drug-likeness (QED) is 0.803. The van der Waals surface area contributed by atoms with Crippen LogP contribution in [0.3, 0.4) is 0 Å². The highest BCUT2D eigenvalue weighted by atomic mass is 16.5. The predicted octanol–water partition coefficient (Wildman–Crippen LogP) is 3.08. The normalized spacial score (nSPS) is 20.3. The van der Waals surface area contributed by atoms with E-state index in [1.54, 1.807) is 0 Å². The Bertz CT molecular complexity index is 667. The van der Waals surface area contributed by atoms with Gasteiger partial charge in [-0.15, -0.1) is 0 Å². The summed E-state index contributed by atoms with van der Waals surface area (Å²) >= 11 is 0. The predicted molar refractivity (Wildman–Crippen MR) is 100.0 cm³/mol. The third kappa shape index (κ3) is 3.81. The molecule has 1 amide bonds. The molecule has 1 unspecified atom stereocenters. The molecule has 4 heteroatoms. The van der Waals surface area contributed by atoms with Gasteiger partial charge >= 0.3 is 0 Å². The van der Waals surface area contributed by atoms with Gasteiger partial charge in [-0.1, -0.05) is 60.7 Å². The number of rotatable bonds is 6. The van der Waals surface area contributed by atoms with Crippen molar-refractivity contribution in [2.24, 2.45) is 5.92 Å². The standard InChI is InChI=1S/C22H25NO3/c24-22(23-13-20(14-23)26-16-17-11-12-25-15-17)21(18-7-3-1-4-8-18)19-9-5-2-6-10-19/h1-10,17,20-21H,11-16H2. The average molecular weight is 351 g/mol. The Morgan fingerprint density at radius 1 is 1.04 bits per heavy atom. The molecule has 0 bridgehead atoms. The first-order chi connectivity index (χ1) is 12.8. The molecule has 0 aliphatic carbocycles. The first kappa shape index (κ1) is 17.3. The van der Waals surface area contributed by atoms with Crippen LogP contribution in [0, 0.1) is 5.92 Å². The largest absolute Gasteiger partial charge is 0.381 e. The second-order valence-corrected chi connectivity index (χ2v) is 7.18. The molecule has 2 aromatic rings. The van der Waals surface area contributed by atoms with Gasteiger partial charge < -0.3 is 14.4 Å². The number of carbonyl (C=O) groups is 1. The molecular weight excluding hydrogens is 326 g/mol. The van der Waals surface area contributed by atoms with Gasteiger partial charge in [0.05, 0.1) is 25.2 Å². The highest BCUT2D eigenvalue weighted by Gasteiger charge is 2.36. The highest BCUT2D eigenvalue weighted by molar-refractivity contribution is 5.87. The molecule has 4 nitrogen and oxygen atoms in total. The van der Waals surface area contributed by atoms with Crippen LogP contribution in [-0.2, 0) is 14.3 Å². The van der Waals surface area contributed by atoms with Gasteiger partial charge in [0, 0.05) is 25.6 Å². The van der Waals surface area contributed by atoms with E-state index in [1.807, 2.05) is 65.6 Å². The van der Waals surface area contributed by atoms with Crippen molar-refractivity contribution in [2.75, 3.05) is 32.9 Å². The van der Waals surface area contributed by atoms with Crippen molar-refractivity contribution in [2.45, 2.75) is 18.4 Å². The summed E-state index contributed by atoms with van der Waals surface area (Å²) in [4.78, 5) is 15.1. The summed E-state index contributed by atoms with van der Waals surface area (Å²) in [6.07, 6.45) is 1.24. The minimum atomic E-state index is -0.249. The van der Waals surface area contributed by atoms with Crippen molar-refractivity contribution >= 4 is 5.91 Å². The fourth-order valence-corrected chi connectivity index (χ4v) is 3.66. The third-order valence-electron chi connectivity index (χ3n) is 5.26. The summed E-state index contributed by atoms with van der Waals surface area (Å²) < 4.78 is 11.3. The van der Waals surface area contributed by atoms with Crippen molar-refractivity contribution in [3.05, 3.63) is 71.8 Å². The SMILES string of the molecule is O=C(C(c1ccccc1)c1ccccc1)N1CC(OCC2CCOC2)C1. The average Bonchev–Trinajstić information content (AvgIpc) is 3.16. The van der Waals surface area contributed by atoms with E-state index >= 15 is 0 Å². The summed E-state index contributed by atoms with van der Waals surface area (Å²) in [7, 11) is 0. The Kier molecular flexibility index (Phi) is 5.32. The van der Waals surface area contributed by atoms with Crippen molar-refractivity contribution in [3.63, 3.8) is 0 Å². The molecule has 2 aromatic carbocycles. The van der Waals surface area contributed by atoms with E-state index in [4.69, 9.17) is 9.47 Å². The van der Waals surface area contributed by atoms with E-state index in [9.17, 15) is 4.79 Å². The van der Waals surface area contributed by atoms with Crippen LogP contribution in [0.2, 0.25) is 0 Å². The van der Waals surface area contributed by atoms with Crippen LogP contribution in [0.25, 0.3) is 0 Å². The third-order valence-corrected chi connectivity index (χ3v) is 5.26. The first-order valence-corrected chi connectivity index (χ1v) is 9.39. The molecule has 26 heavy (non-hydrogen) atoms. The first-order valence-electron chi connectivity index (χ1n) is 9.39. The highest BCUT2D eigenvalue weighted by Crippen LogP contribution is 2.29. The van der Waals surface area contributed by atoms with Crippen LogP contribution < -0.4 is 0 Å². The molecule has 2 aliphatic heterocycles. The number of benzene rings is 2. The molecule has 0 N–H and O–H groups in total. The van der Waals surface area contributed by atoms with Gasteiger partial charge in [-0.05, 0) is 17.5 Å². The number of nitrogens with zero attached hydrogens (tertiary/aromatic N) is 1. The zero-order valence-corrected chi connectivity index (χ0v) is 14.9. The van der Waals surface area contributed by atoms with E-state index in [1.165, 1.54) is 0 Å². The molecular formula is C22H25NO3. The molecule has 1 atom stereocenters. The molecule has 0 radical (unpaired) electrons. The monoisotopic (exact) mass is 351 g/mol. The lowest BCUT2D eigenvalue weighted by molar-refractivity contribution is -0.146. The van der Waals surface area contributed by atoms with E-state index in [0.29, 0.717) is 19.0 Å². The van der Waals surface area contributed by atoms with Crippen molar-refractivity contribution in [1.82, 2.24) is 4.90 Å². The number of carbonyl (C=O) groups excluding carboxylic acids is 1. The lowest BCUT2D eigenvalue weighted by Crippen LogP contribution is -2.56. The van der Waals surface area contributed by atoms with E-state index in [2.05, 4.69) is 0 Å². The van der Waals surface area contributed by atoms with E-state index in [0.717, 1.165) is 37.4 Å². The molecule has 0 spiro atoms. The number of likely N-dealkylation sites (tertiary alicyclic amines) is 1. The molecule has 2 heterocycles. The maximum Gasteiger partial charge on any atom is 0.234 e. The second kappa shape index (κ2) is 8.02. The van der Waals surface area contributed by atoms with Crippen LogP contribution in [0.1, 0.15) is 23.5 Å². The molecule has 136 valence electrons. The maximum atomic E-state index is 13.2. The van der Waals surface area contributed by atoms with Crippen LogP contribution in [0.15, 0.2) is 60.7 Å². The zero-order valence-electron chi connectivity index (χ0n) is 14.9. The fourth-order valence-electron chi connectivity index (χ4n) is 3.66. The zero-order chi connectivity index (χ0) is 17.8. The van der Waals surface area contributed by atoms with Gasteiger partial charge in [-0.25, -0.2) is 0 Å². The Hall–Kier alpha value is -2.17. The van der Waals surface area contributed by atoms with Crippen LogP contribution in [0.5, 0.6) is 0 Å². The summed E-state index contributed by atoms with van der Waals surface area (Å²) in [6.45, 7) is 3.76. The van der Waals surface area contributed by atoms with Crippen LogP contribution >= 0.6 is 0 Å². The smallest absolute Gasteiger partial charge is 0.234 e. The Morgan fingerprint density at radius 3 is 2.19 bits per heavy atom. The maximum absolute atomic E-state index is 13.2. The van der Waals surface area contributed by atoms with Crippen LogP contribution in [0.4, 0.5) is 0 Å². The summed E-state index contributed by atoms with van der Waals surface area (Å²) in [5.41, 5.74) is 2.08. The molecule has 4 rings (SSSR count). The lowest BCUT2D eigenvalue weighted by Gasteiger charge is -2.41. The van der Waals surface area contributed by atoms with Gasteiger partial charge in [0.1, 0.15) is 0 Å². The van der Waals surface area contributed by atoms with Crippen molar-refractivity contribution in [1.29, 1.82) is 0 Å². The van der Waals surface area contributed by atoms with Gasteiger partial charge in [0.25, 0.3) is 0 Å². The minimum Gasteiger partial charge on any atom is -0.381 e. The van der Waals surface area contributed by atoms with Gasteiger partial charge in [0.2, 0.25) is 5.91 Å². The van der Waals surface area contributed by atoms with Gasteiger partial charge in [0.15, 0.2) is 0 Å². The van der Waals surface area contributed by atoms with Gasteiger partial charge in [-0.2, -0.15) is 0 Å². The molecule has 2 aliphatic rings. The second-order valence-electron chi connectivity index (χ2n) is 7.18. The fraction of sp³-hybridized carbons (Fsp3) is 0.409. The molecule has 0 saturated carbocycles. The molecule has 0 aromatic heterocycles.